The zero-order valence-corrected chi connectivity index (χ0v) is 53.0. The van der Waals surface area contributed by atoms with Crippen molar-refractivity contribution >= 4 is 17.9 Å². The Kier molecular flexibility index (Phi) is 64.8. The highest BCUT2D eigenvalue weighted by atomic mass is 16.6. The quantitative estimate of drug-likeness (QED) is 0.0261. The highest BCUT2D eigenvalue weighted by Crippen LogP contribution is 2.16. The topological polar surface area (TPSA) is 78.9 Å². The lowest BCUT2D eigenvalue weighted by Gasteiger charge is -2.18. The Morgan fingerprint density at radius 3 is 0.765 bits per heavy atom. The van der Waals surface area contributed by atoms with E-state index >= 15 is 0 Å². The van der Waals surface area contributed by atoms with Crippen LogP contribution in [0.3, 0.4) is 0 Å². The van der Waals surface area contributed by atoms with E-state index in [-0.39, 0.29) is 31.1 Å². The van der Waals surface area contributed by atoms with Gasteiger partial charge in [-0.05, 0) is 128 Å². The normalized spacial score (nSPS) is 12.9. The van der Waals surface area contributed by atoms with Gasteiger partial charge in [0, 0.05) is 19.3 Å². The Balaban J connectivity index is 4.29. The molecule has 1 unspecified atom stereocenters. The molecule has 0 bridgehead atoms. The maximum absolute atomic E-state index is 12.9. The zero-order valence-electron chi connectivity index (χ0n) is 53.0. The first-order chi connectivity index (χ1) is 40.0. The number of unbranched alkanes of at least 4 members (excludes halogenated alkanes) is 30. The largest absolute Gasteiger partial charge is 0.462 e. The SMILES string of the molecule is CC/C=C\C/C=C\C/C=C\C/C=C\C/C=C\CCCCCCCCCCCCCCCC(=O)OCC(COC(=O)CCCCCCC/C=C\CCCCCC)OC(=O)CCCCCCCCCC/C=C\C/C=C\C/C=C\C/C=C\CC. The summed E-state index contributed by atoms with van der Waals surface area (Å²) in [6, 6.07) is 0. The average Bonchev–Trinajstić information content (AvgIpc) is 3.46. The van der Waals surface area contributed by atoms with Crippen molar-refractivity contribution in [3.63, 3.8) is 0 Å². The minimum atomic E-state index is -0.790. The Labute approximate surface area is 501 Å². The van der Waals surface area contributed by atoms with Gasteiger partial charge in [0.25, 0.3) is 0 Å². The Hall–Kier alpha value is -4.19. The zero-order chi connectivity index (χ0) is 58.5. The fourth-order valence-corrected chi connectivity index (χ4v) is 9.40. The fourth-order valence-electron chi connectivity index (χ4n) is 9.40. The molecule has 0 aliphatic rings. The number of hydrogen-bond acceptors (Lipinski definition) is 6. The molecule has 462 valence electrons. The maximum Gasteiger partial charge on any atom is 0.306 e. The molecule has 0 radical (unpaired) electrons. The number of allylic oxidation sites excluding steroid dienone is 20. The Morgan fingerprint density at radius 2 is 0.481 bits per heavy atom. The lowest BCUT2D eigenvalue weighted by Crippen LogP contribution is -2.30. The molecule has 0 amide bonds. The molecule has 0 aromatic rings. The molecular weight excluding hydrogens is 997 g/mol. The number of rotatable bonds is 61. The van der Waals surface area contributed by atoms with Gasteiger partial charge >= 0.3 is 17.9 Å². The molecule has 0 fully saturated rings. The van der Waals surface area contributed by atoms with Gasteiger partial charge in [-0.1, -0.05) is 290 Å². The van der Waals surface area contributed by atoms with Gasteiger partial charge in [0.05, 0.1) is 0 Å². The second-order valence-electron chi connectivity index (χ2n) is 22.3. The van der Waals surface area contributed by atoms with Crippen molar-refractivity contribution in [3.8, 4) is 0 Å². The smallest absolute Gasteiger partial charge is 0.306 e. The third kappa shape index (κ3) is 66.5. The number of carbonyl (C=O) groups excluding carboxylic acids is 3. The van der Waals surface area contributed by atoms with Gasteiger partial charge < -0.3 is 14.2 Å². The molecule has 6 heteroatoms. The Morgan fingerprint density at radius 1 is 0.259 bits per heavy atom. The van der Waals surface area contributed by atoms with Crippen molar-refractivity contribution in [1.82, 2.24) is 0 Å². The summed E-state index contributed by atoms with van der Waals surface area (Å²) >= 11 is 0. The molecule has 6 nitrogen and oxygen atoms in total. The van der Waals surface area contributed by atoms with Crippen LogP contribution in [0.1, 0.15) is 316 Å². The third-order valence-corrected chi connectivity index (χ3v) is 14.4. The number of esters is 3. The van der Waals surface area contributed by atoms with Gasteiger partial charge in [-0.2, -0.15) is 0 Å². The van der Waals surface area contributed by atoms with Crippen molar-refractivity contribution < 1.29 is 28.6 Å². The van der Waals surface area contributed by atoms with E-state index in [1.807, 2.05) is 0 Å². The van der Waals surface area contributed by atoms with E-state index in [2.05, 4.69) is 142 Å². The van der Waals surface area contributed by atoms with Crippen molar-refractivity contribution in [2.24, 2.45) is 0 Å². The van der Waals surface area contributed by atoms with Crippen LogP contribution in [-0.2, 0) is 28.6 Å². The van der Waals surface area contributed by atoms with E-state index in [9.17, 15) is 14.4 Å². The van der Waals surface area contributed by atoms with E-state index in [1.165, 1.54) is 148 Å². The van der Waals surface area contributed by atoms with Crippen LogP contribution in [0.15, 0.2) is 122 Å². The fraction of sp³-hybridized carbons (Fsp3) is 0.693. The van der Waals surface area contributed by atoms with E-state index in [4.69, 9.17) is 14.2 Å². The van der Waals surface area contributed by atoms with Gasteiger partial charge in [0.2, 0.25) is 0 Å². The van der Waals surface area contributed by atoms with Crippen molar-refractivity contribution in [2.45, 2.75) is 322 Å². The van der Waals surface area contributed by atoms with Crippen LogP contribution in [0.25, 0.3) is 0 Å². The minimum absolute atomic E-state index is 0.0849. The van der Waals surface area contributed by atoms with E-state index in [1.54, 1.807) is 0 Å². The van der Waals surface area contributed by atoms with Crippen molar-refractivity contribution in [3.05, 3.63) is 122 Å². The van der Waals surface area contributed by atoms with Gasteiger partial charge in [0.15, 0.2) is 6.10 Å². The van der Waals surface area contributed by atoms with E-state index in [0.29, 0.717) is 19.3 Å². The number of hydrogen-bond donors (Lipinski definition) is 0. The average molecular weight is 1120 g/mol. The molecule has 0 aliphatic heterocycles. The van der Waals surface area contributed by atoms with Crippen LogP contribution in [-0.4, -0.2) is 37.2 Å². The predicted octanol–water partition coefficient (Wildman–Crippen LogP) is 23.6. The van der Waals surface area contributed by atoms with Gasteiger partial charge in [0.1, 0.15) is 13.2 Å². The molecular formula is C75H126O6. The molecule has 0 aliphatic carbocycles. The summed E-state index contributed by atoms with van der Waals surface area (Å²) in [7, 11) is 0. The first kappa shape index (κ1) is 76.8. The second kappa shape index (κ2) is 68.3. The lowest BCUT2D eigenvalue weighted by molar-refractivity contribution is -0.167. The van der Waals surface area contributed by atoms with Crippen LogP contribution in [0.5, 0.6) is 0 Å². The maximum atomic E-state index is 12.9. The molecule has 0 aromatic heterocycles. The standard InChI is InChI=1S/C75H126O6/c1-4-7-10-13-16-19-22-25-27-29-31-33-34-35-36-37-38-39-40-42-43-45-47-50-53-56-59-62-65-68-74(77)80-71-72(70-79-73(76)67-64-61-58-55-52-49-24-21-18-15-12-9-6-3)81-75(78)69-66-63-60-57-54-51-48-46-44-41-32-30-28-26-23-20-17-14-11-8-5-2/h7-8,10-11,16-17,19-21,24-28,31-33,35-36,41,72H,4-6,9,12-15,18,22-23,29-30,34,37-40,42-71H2,1-3H3/b10-7-,11-8-,19-16-,20-17-,24-21-,27-25-,28-26-,33-31-,36-35-,41-32-. The van der Waals surface area contributed by atoms with Crippen LogP contribution in [0, 0.1) is 0 Å². The molecule has 0 rings (SSSR count). The number of carbonyl (C=O) groups is 3. The predicted molar refractivity (Wildman–Crippen MR) is 353 cm³/mol. The second-order valence-corrected chi connectivity index (χ2v) is 22.3. The minimum Gasteiger partial charge on any atom is -0.462 e. The summed E-state index contributed by atoms with van der Waals surface area (Å²) in [5.41, 5.74) is 0. The van der Waals surface area contributed by atoms with Crippen molar-refractivity contribution in [2.75, 3.05) is 13.2 Å². The summed E-state index contributed by atoms with van der Waals surface area (Å²) in [5, 5.41) is 0. The van der Waals surface area contributed by atoms with E-state index in [0.717, 1.165) is 128 Å². The first-order valence-corrected chi connectivity index (χ1v) is 34.0. The van der Waals surface area contributed by atoms with Crippen molar-refractivity contribution in [1.29, 1.82) is 0 Å². The Bertz CT molecular complexity index is 1670. The van der Waals surface area contributed by atoms with Crippen LogP contribution >= 0.6 is 0 Å². The summed E-state index contributed by atoms with van der Waals surface area (Å²) < 4.78 is 16.9. The van der Waals surface area contributed by atoms with Crippen LogP contribution in [0.2, 0.25) is 0 Å². The van der Waals surface area contributed by atoms with Crippen LogP contribution < -0.4 is 0 Å². The number of ether oxygens (including phenoxy) is 3. The molecule has 0 saturated carbocycles. The van der Waals surface area contributed by atoms with E-state index < -0.39 is 6.10 Å². The molecule has 1 atom stereocenters. The molecule has 0 saturated heterocycles. The molecule has 0 aromatic carbocycles. The monoisotopic (exact) mass is 1120 g/mol. The van der Waals surface area contributed by atoms with Gasteiger partial charge in [-0.3, -0.25) is 14.4 Å². The summed E-state index contributed by atoms with van der Waals surface area (Å²) in [5.74, 6) is -0.894. The van der Waals surface area contributed by atoms with Crippen LogP contribution in [0.4, 0.5) is 0 Å². The van der Waals surface area contributed by atoms with Gasteiger partial charge in [-0.25, -0.2) is 0 Å². The summed E-state index contributed by atoms with van der Waals surface area (Å²) in [6.45, 7) is 6.41. The summed E-state index contributed by atoms with van der Waals surface area (Å²) in [4.78, 5) is 38.4. The molecule has 0 spiro atoms. The van der Waals surface area contributed by atoms with Gasteiger partial charge in [-0.15, -0.1) is 0 Å². The highest BCUT2D eigenvalue weighted by Gasteiger charge is 2.19. The summed E-state index contributed by atoms with van der Waals surface area (Å²) in [6.07, 6.45) is 95.0. The third-order valence-electron chi connectivity index (χ3n) is 14.4. The lowest BCUT2D eigenvalue weighted by atomic mass is 10.0. The molecule has 81 heavy (non-hydrogen) atoms. The highest BCUT2D eigenvalue weighted by molar-refractivity contribution is 5.71. The first-order valence-electron chi connectivity index (χ1n) is 34.0. The molecule has 0 heterocycles. The molecule has 0 N–H and O–H groups in total.